The first-order chi connectivity index (χ1) is 40.6. The number of benzene rings is 4. The first kappa shape index (κ1) is 59.5. The second-order valence-corrected chi connectivity index (χ2v) is 19.9. The van der Waals surface area contributed by atoms with Crippen LogP contribution < -0.4 is 18.9 Å². The molecule has 0 atom stereocenters. The molecule has 0 unspecified atom stereocenters. The number of nitrogens with zero attached hydrogens (tertiary/aromatic N) is 10. The van der Waals surface area contributed by atoms with E-state index in [0.29, 0.717) is 33.6 Å². The molecule has 4 aromatic carbocycles. The largest absolute Gasteiger partial charge is 0.478 e. The van der Waals surface area contributed by atoms with Crippen molar-refractivity contribution in [1.82, 2.24) is 49.5 Å². The molecule has 6 aromatic heterocycles. The van der Waals surface area contributed by atoms with Crippen LogP contribution in [0.4, 0.5) is 26.3 Å². The van der Waals surface area contributed by atoms with E-state index in [1.807, 2.05) is 13.8 Å². The minimum atomic E-state index is -1.43. The maximum Gasteiger partial charge on any atom is 0.338 e. The molecule has 0 aliphatic carbocycles. The zero-order valence-corrected chi connectivity index (χ0v) is 46.5. The molecule has 0 radical (unpaired) electrons. The van der Waals surface area contributed by atoms with Gasteiger partial charge in [-0.15, -0.1) is 10.2 Å². The summed E-state index contributed by atoms with van der Waals surface area (Å²) in [6.45, 7) is 5.26. The van der Waals surface area contributed by atoms with Crippen LogP contribution in [0.25, 0.3) is 44.6 Å². The Bertz CT molecular complexity index is 3770. The minimum absolute atomic E-state index is 0.0298. The third-order valence-corrected chi connectivity index (χ3v) is 14.1. The van der Waals surface area contributed by atoms with Crippen LogP contribution in [-0.4, -0.2) is 112 Å². The van der Waals surface area contributed by atoms with E-state index < -0.39 is 58.0 Å². The highest BCUT2D eigenvalue weighted by Gasteiger charge is 2.25. The lowest BCUT2D eigenvalue weighted by molar-refractivity contribution is 0.0681. The molecule has 6 heterocycles. The van der Waals surface area contributed by atoms with Gasteiger partial charge in [0.2, 0.25) is 11.8 Å². The van der Waals surface area contributed by atoms with Gasteiger partial charge < -0.3 is 47.8 Å². The van der Waals surface area contributed by atoms with Crippen molar-refractivity contribution in [3.8, 4) is 44.7 Å². The van der Waals surface area contributed by atoms with Gasteiger partial charge in [-0.3, -0.25) is 0 Å². The number of halogens is 6. The fourth-order valence-electron chi connectivity index (χ4n) is 8.61. The van der Waals surface area contributed by atoms with Crippen molar-refractivity contribution in [2.24, 2.45) is 0 Å². The number of ether oxygens (including phenoxy) is 6. The Balaban J connectivity index is 0.000000202. The van der Waals surface area contributed by atoms with Gasteiger partial charge in [0.05, 0.1) is 60.0 Å². The number of rotatable bonds is 24. The van der Waals surface area contributed by atoms with Gasteiger partial charge >= 0.3 is 11.9 Å². The first-order valence-corrected chi connectivity index (χ1v) is 27.1. The fraction of sp³-hybridized carbons (Fsp3) is 0.250. The van der Waals surface area contributed by atoms with Gasteiger partial charge in [0.15, 0.2) is 21.6 Å². The molecule has 20 nitrogen and oxygen atoms in total. The lowest BCUT2D eigenvalue weighted by Crippen LogP contribution is -2.11. The topological polar surface area (TPSA) is 243 Å². The summed E-state index contributed by atoms with van der Waals surface area (Å²) in [6, 6.07) is 18.5. The molecule has 0 saturated heterocycles. The molecule has 436 valence electrons. The van der Waals surface area contributed by atoms with E-state index in [1.165, 1.54) is 70.3 Å². The normalized spacial score (nSPS) is 11.3. The van der Waals surface area contributed by atoms with Gasteiger partial charge in [-0.2, -0.15) is 0 Å². The van der Waals surface area contributed by atoms with Gasteiger partial charge in [-0.1, -0.05) is 45.0 Å². The lowest BCUT2D eigenvalue weighted by atomic mass is 10.0. The number of carboxylic acids is 2. The number of aromatic nitrogens is 10. The van der Waals surface area contributed by atoms with Gasteiger partial charge in [-0.05, 0) is 85.6 Å². The molecule has 84 heavy (non-hydrogen) atoms. The van der Waals surface area contributed by atoms with Crippen molar-refractivity contribution < 1.29 is 74.6 Å². The van der Waals surface area contributed by atoms with E-state index in [2.05, 4.69) is 40.3 Å². The molecule has 0 fully saturated rings. The van der Waals surface area contributed by atoms with Crippen molar-refractivity contribution in [3.05, 3.63) is 164 Å². The molecule has 0 aliphatic rings. The second kappa shape index (κ2) is 26.9. The van der Waals surface area contributed by atoms with E-state index in [-0.39, 0.29) is 131 Å². The Morgan fingerprint density at radius 1 is 0.524 bits per heavy atom. The maximum absolute atomic E-state index is 15.4. The molecule has 10 aromatic rings. The number of carboxylic acid groups (broad SMARTS) is 2. The average molecular weight is 1200 g/mol. The second-order valence-electron chi connectivity index (χ2n) is 17.8. The smallest absolute Gasteiger partial charge is 0.338 e. The highest BCUT2D eigenvalue weighted by atomic mass is 32.1. The van der Waals surface area contributed by atoms with Crippen molar-refractivity contribution in [3.63, 3.8) is 0 Å². The zero-order chi connectivity index (χ0) is 59.6. The van der Waals surface area contributed by atoms with Crippen LogP contribution in [-0.2, 0) is 48.6 Å². The number of carbonyl (C=O) groups is 2. The predicted molar refractivity (Wildman–Crippen MR) is 293 cm³/mol. The Kier molecular flexibility index (Phi) is 19.0. The summed E-state index contributed by atoms with van der Waals surface area (Å²) in [7, 11) is 2.91. The highest BCUT2D eigenvalue weighted by Crippen LogP contribution is 2.32. The van der Waals surface area contributed by atoms with Crippen molar-refractivity contribution >= 4 is 56.7 Å². The Morgan fingerprint density at radius 3 is 1.32 bits per heavy atom. The number of hydrogen-bond donors (Lipinski definition) is 2. The van der Waals surface area contributed by atoms with Crippen LogP contribution in [0.3, 0.4) is 0 Å². The van der Waals surface area contributed by atoms with E-state index in [9.17, 15) is 19.8 Å². The van der Waals surface area contributed by atoms with Crippen LogP contribution in [0.15, 0.2) is 84.9 Å². The standard InChI is InChI=1S/2C28H24F3N5O5S/c2*1-3-40-28-35-34-24(42-28)14-41-23-6-4-5-20(33-23)17-13-18(29)15(11-19(17)30)12-22-32-21-8-7-16(27(37)38)25(31)26(21)36(22)9-10-39-2/h2*4-8,11,13H,3,9-10,12,14H2,1-2H3,(H,37,38). The number of methoxy groups -OCH3 is 2. The Morgan fingerprint density at radius 2 is 0.940 bits per heavy atom. The monoisotopic (exact) mass is 1200 g/mol. The average Bonchev–Trinajstić information content (AvgIpc) is 3.10. The molecule has 0 spiro atoms. The first-order valence-electron chi connectivity index (χ1n) is 25.4. The van der Waals surface area contributed by atoms with Gasteiger partial charge in [0.25, 0.3) is 10.4 Å². The quantitative estimate of drug-likeness (QED) is 0.0534. The fourth-order valence-corrected chi connectivity index (χ4v) is 9.92. The van der Waals surface area contributed by atoms with Crippen LogP contribution >= 0.6 is 22.7 Å². The van der Waals surface area contributed by atoms with Gasteiger partial charge in [-0.25, -0.2) is 55.9 Å². The van der Waals surface area contributed by atoms with E-state index in [1.54, 1.807) is 24.3 Å². The highest BCUT2D eigenvalue weighted by molar-refractivity contribution is 7.13. The number of pyridine rings is 2. The molecule has 0 aliphatic heterocycles. The Hall–Kier alpha value is -9.12. The maximum atomic E-state index is 15.4. The summed E-state index contributed by atoms with van der Waals surface area (Å²) >= 11 is 2.45. The minimum Gasteiger partial charge on any atom is -0.478 e. The van der Waals surface area contributed by atoms with Crippen LogP contribution in [0.1, 0.15) is 67.4 Å². The molecule has 2 N–H and O–H groups in total. The Labute approximate surface area is 480 Å². The molecule has 28 heteroatoms. The van der Waals surface area contributed by atoms with Crippen molar-refractivity contribution in [2.45, 2.75) is 53.0 Å². The van der Waals surface area contributed by atoms with E-state index >= 15 is 26.3 Å². The summed E-state index contributed by atoms with van der Waals surface area (Å²) in [5.41, 5.74) is -0.700. The molecular formula is C56H48F6N10O10S2. The van der Waals surface area contributed by atoms with Crippen LogP contribution in [0.2, 0.25) is 0 Å². The summed E-state index contributed by atoms with van der Waals surface area (Å²) < 4.78 is 127. The summed E-state index contributed by atoms with van der Waals surface area (Å²) in [5.74, 6) is -6.94. The number of aromatic carboxylic acids is 2. The summed E-state index contributed by atoms with van der Waals surface area (Å²) in [4.78, 5) is 40.3. The molecule has 10 rings (SSSR count). The van der Waals surface area contributed by atoms with Gasteiger partial charge in [0.1, 0.15) is 59.2 Å². The summed E-state index contributed by atoms with van der Waals surface area (Å²) in [5, 5.41) is 36.3. The lowest BCUT2D eigenvalue weighted by Gasteiger charge is -2.12. The summed E-state index contributed by atoms with van der Waals surface area (Å²) in [6.07, 6.45) is -0.378. The third kappa shape index (κ3) is 13.5. The number of imidazole rings is 2. The van der Waals surface area contributed by atoms with Crippen molar-refractivity contribution in [2.75, 3.05) is 40.6 Å². The van der Waals surface area contributed by atoms with Crippen LogP contribution in [0.5, 0.6) is 22.1 Å². The van der Waals surface area contributed by atoms with E-state index in [0.717, 1.165) is 36.4 Å². The third-order valence-electron chi connectivity index (χ3n) is 12.4. The number of fused-ring (bicyclic) bond motifs is 2. The van der Waals surface area contributed by atoms with Gasteiger partial charge in [0, 0.05) is 63.4 Å². The van der Waals surface area contributed by atoms with E-state index in [4.69, 9.17) is 28.4 Å². The zero-order valence-electron chi connectivity index (χ0n) is 44.9. The molecule has 0 bridgehead atoms. The predicted octanol–water partition coefficient (Wildman–Crippen LogP) is 10.6. The molecule has 0 amide bonds. The SMILES string of the molecule is CCOc1nnc(COc2cccc(-c3cc(F)c(Cc4nc5ccc(C(=O)O)c(F)c5n4CCOC)cc3F)n2)s1.CCOc1nnc(COc2cccc(-c3cc(F)c(Cc4nc5ccc(C(=O)O)c(F)c5n4CCOC)cc3F)n2)s1. The molecular weight excluding hydrogens is 1150 g/mol. The molecule has 0 saturated carbocycles. The number of hydrogen-bond acceptors (Lipinski definition) is 18. The van der Waals surface area contributed by atoms with Crippen LogP contribution in [0, 0.1) is 34.9 Å². The van der Waals surface area contributed by atoms with Crippen molar-refractivity contribution in [1.29, 1.82) is 0 Å².